The predicted molar refractivity (Wildman–Crippen MR) is 86.8 cm³/mol. The minimum atomic E-state index is -0.372. The Labute approximate surface area is 139 Å². The summed E-state index contributed by atoms with van der Waals surface area (Å²) in [5.41, 5.74) is 9.99. The minimum absolute atomic E-state index is 0.193. The Kier molecular flexibility index (Phi) is 4.08. The highest BCUT2D eigenvalue weighted by atomic mass is 16.6. The standard InChI is InChI=1S/C16H18N6O2/c1-3-24-16(23)22-5-4-12-11(7-22)13(10(6-17)15(18)21-12)14-9(2)19-8-20-14/h8H,3-5,7H2,1-2H3,(H2,18,21)(H,19,20). The van der Waals surface area contributed by atoms with Gasteiger partial charge in [0, 0.05) is 29.8 Å². The summed E-state index contributed by atoms with van der Waals surface area (Å²) < 4.78 is 5.09. The third kappa shape index (κ3) is 2.54. The Morgan fingerprint density at radius 2 is 2.38 bits per heavy atom. The highest BCUT2D eigenvalue weighted by Crippen LogP contribution is 2.35. The molecule has 0 aliphatic carbocycles. The van der Waals surface area contributed by atoms with E-state index in [1.165, 1.54) is 0 Å². The number of imidazole rings is 1. The number of nitrogen functional groups attached to an aromatic ring is 1. The van der Waals surface area contributed by atoms with Crippen LogP contribution in [-0.2, 0) is 17.7 Å². The van der Waals surface area contributed by atoms with E-state index < -0.39 is 0 Å². The zero-order chi connectivity index (χ0) is 17.3. The Bertz CT molecular complexity index is 836. The maximum absolute atomic E-state index is 12.1. The van der Waals surface area contributed by atoms with E-state index >= 15 is 0 Å². The van der Waals surface area contributed by atoms with Gasteiger partial charge in [-0.3, -0.25) is 0 Å². The number of aromatic nitrogens is 3. The number of nitrogens with zero attached hydrogens (tertiary/aromatic N) is 4. The molecule has 0 unspecified atom stereocenters. The van der Waals surface area contributed by atoms with Crippen LogP contribution in [0.25, 0.3) is 11.3 Å². The molecule has 8 nitrogen and oxygen atoms in total. The maximum atomic E-state index is 12.1. The molecule has 3 N–H and O–H groups in total. The van der Waals surface area contributed by atoms with Crippen LogP contribution < -0.4 is 5.73 Å². The molecule has 1 aliphatic rings. The highest BCUT2D eigenvalue weighted by molar-refractivity contribution is 5.79. The van der Waals surface area contributed by atoms with E-state index in [9.17, 15) is 10.1 Å². The van der Waals surface area contributed by atoms with Crippen molar-refractivity contribution in [3.05, 3.63) is 28.8 Å². The fraction of sp³-hybridized carbons (Fsp3) is 0.375. The first-order chi connectivity index (χ1) is 11.6. The number of ether oxygens (including phenoxy) is 1. The first-order valence-electron chi connectivity index (χ1n) is 7.70. The third-order valence-corrected chi connectivity index (χ3v) is 4.08. The van der Waals surface area contributed by atoms with Crippen LogP contribution in [0.1, 0.15) is 29.4 Å². The van der Waals surface area contributed by atoms with Crippen molar-refractivity contribution in [2.24, 2.45) is 0 Å². The second-order valence-electron chi connectivity index (χ2n) is 5.53. The van der Waals surface area contributed by atoms with Gasteiger partial charge in [0.1, 0.15) is 17.5 Å². The van der Waals surface area contributed by atoms with E-state index in [4.69, 9.17) is 10.5 Å². The van der Waals surface area contributed by atoms with E-state index in [2.05, 4.69) is 21.0 Å². The largest absolute Gasteiger partial charge is 0.450 e. The molecule has 1 amide bonds. The summed E-state index contributed by atoms with van der Waals surface area (Å²) in [7, 11) is 0. The summed E-state index contributed by atoms with van der Waals surface area (Å²) in [5, 5.41) is 9.54. The van der Waals surface area contributed by atoms with Gasteiger partial charge in [-0.1, -0.05) is 0 Å². The summed E-state index contributed by atoms with van der Waals surface area (Å²) in [4.78, 5) is 25.4. The van der Waals surface area contributed by atoms with Gasteiger partial charge in [0.25, 0.3) is 0 Å². The van der Waals surface area contributed by atoms with Crippen LogP contribution in [0.15, 0.2) is 6.33 Å². The van der Waals surface area contributed by atoms with Crippen molar-refractivity contribution < 1.29 is 9.53 Å². The molecule has 8 heteroatoms. The number of amides is 1. The predicted octanol–water partition coefficient (Wildman–Crippen LogP) is 1.75. The number of pyridine rings is 1. The monoisotopic (exact) mass is 326 g/mol. The van der Waals surface area contributed by atoms with Crippen LogP contribution in [0.4, 0.5) is 10.6 Å². The topological polar surface area (TPSA) is 121 Å². The van der Waals surface area contributed by atoms with Gasteiger partial charge < -0.3 is 20.4 Å². The third-order valence-electron chi connectivity index (χ3n) is 4.08. The number of hydrogen-bond acceptors (Lipinski definition) is 6. The lowest BCUT2D eigenvalue weighted by Gasteiger charge is -2.29. The molecule has 0 atom stereocenters. The summed E-state index contributed by atoms with van der Waals surface area (Å²) in [6.45, 7) is 4.78. The number of nitrogens with two attached hydrogens (primary N) is 1. The number of nitriles is 1. The van der Waals surface area contributed by atoms with Crippen LogP contribution in [0.2, 0.25) is 0 Å². The van der Waals surface area contributed by atoms with Crippen molar-refractivity contribution in [2.75, 3.05) is 18.9 Å². The Balaban J connectivity index is 2.15. The molecule has 1 aliphatic heterocycles. The summed E-state index contributed by atoms with van der Waals surface area (Å²) in [6, 6.07) is 2.12. The number of hydrogen-bond donors (Lipinski definition) is 2. The maximum Gasteiger partial charge on any atom is 0.410 e. The van der Waals surface area contributed by atoms with E-state index in [1.807, 2.05) is 6.92 Å². The first kappa shape index (κ1) is 15.8. The van der Waals surface area contributed by atoms with Crippen LogP contribution in [0.5, 0.6) is 0 Å². The van der Waals surface area contributed by atoms with Crippen molar-refractivity contribution in [3.63, 3.8) is 0 Å². The molecule has 0 saturated heterocycles. The van der Waals surface area contributed by atoms with Crippen LogP contribution in [0, 0.1) is 18.3 Å². The van der Waals surface area contributed by atoms with E-state index in [-0.39, 0.29) is 17.5 Å². The SMILES string of the molecule is CCOC(=O)N1CCc2nc(N)c(C#N)c(-c3nc[nH]c3C)c2C1. The van der Waals surface area contributed by atoms with Crippen molar-refractivity contribution in [2.45, 2.75) is 26.8 Å². The van der Waals surface area contributed by atoms with Crippen LogP contribution in [0.3, 0.4) is 0 Å². The van der Waals surface area contributed by atoms with Crippen molar-refractivity contribution in [3.8, 4) is 17.3 Å². The number of aryl methyl sites for hydroxylation is 1. The highest BCUT2D eigenvalue weighted by Gasteiger charge is 2.29. The molecule has 3 heterocycles. The zero-order valence-corrected chi connectivity index (χ0v) is 13.6. The normalized spacial score (nSPS) is 13.3. The fourth-order valence-electron chi connectivity index (χ4n) is 2.94. The van der Waals surface area contributed by atoms with Gasteiger partial charge in [-0.2, -0.15) is 5.26 Å². The fourth-order valence-corrected chi connectivity index (χ4v) is 2.94. The molecule has 0 spiro atoms. The van der Waals surface area contributed by atoms with Gasteiger partial charge in [0.05, 0.1) is 30.9 Å². The van der Waals surface area contributed by atoms with E-state index in [0.717, 1.165) is 17.0 Å². The quantitative estimate of drug-likeness (QED) is 0.867. The van der Waals surface area contributed by atoms with Gasteiger partial charge in [-0.25, -0.2) is 14.8 Å². The number of fused-ring (bicyclic) bond motifs is 1. The summed E-state index contributed by atoms with van der Waals surface area (Å²) >= 11 is 0. The number of carbonyl (C=O) groups excluding carboxylic acids is 1. The van der Waals surface area contributed by atoms with Crippen molar-refractivity contribution >= 4 is 11.9 Å². The molecular formula is C16H18N6O2. The molecule has 0 radical (unpaired) electrons. The van der Waals surface area contributed by atoms with Gasteiger partial charge in [-0.15, -0.1) is 0 Å². The van der Waals surface area contributed by atoms with E-state index in [0.29, 0.717) is 37.4 Å². The number of rotatable bonds is 2. The summed E-state index contributed by atoms with van der Waals surface area (Å²) in [5.74, 6) is 0.193. The molecule has 24 heavy (non-hydrogen) atoms. The molecule has 3 rings (SSSR count). The molecule has 0 fully saturated rings. The second kappa shape index (κ2) is 6.20. The van der Waals surface area contributed by atoms with E-state index in [1.54, 1.807) is 18.2 Å². The molecule has 0 bridgehead atoms. The van der Waals surface area contributed by atoms with Gasteiger partial charge in [0.2, 0.25) is 0 Å². The van der Waals surface area contributed by atoms with Gasteiger partial charge >= 0.3 is 6.09 Å². The molecule has 124 valence electrons. The average Bonchev–Trinajstić information content (AvgIpc) is 2.99. The first-order valence-corrected chi connectivity index (χ1v) is 7.70. The summed E-state index contributed by atoms with van der Waals surface area (Å²) in [6.07, 6.45) is 1.75. The van der Waals surface area contributed by atoms with Gasteiger partial charge in [0.15, 0.2) is 0 Å². The number of carbonyl (C=O) groups is 1. The zero-order valence-electron chi connectivity index (χ0n) is 13.6. The number of anilines is 1. The Morgan fingerprint density at radius 3 is 3.00 bits per heavy atom. The second-order valence-corrected chi connectivity index (χ2v) is 5.53. The lowest BCUT2D eigenvalue weighted by molar-refractivity contribution is 0.102. The lowest BCUT2D eigenvalue weighted by Crippen LogP contribution is -2.37. The number of aromatic amines is 1. The lowest BCUT2D eigenvalue weighted by atomic mass is 9.93. The Morgan fingerprint density at radius 1 is 1.58 bits per heavy atom. The molecular weight excluding hydrogens is 308 g/mol. The molecule has 2 aromatic rings. The molecule has 0 aromatic carbocycles. The van der Waals surface area contributed by atoms with Crippen LogP contribution in [-0.4, -0.2) is 39.1 Å². The van der Waals surface area contributed by atoms with Crippen molar-refractivity contribution in [1.82, 2.24) is 19.9 Å². The molecule has 2 aromatic heterocycles. The number of H-pyrrole nitrogens is 1. The molecule has 0 saturated carbocycles. The Hall–Kier alpha value is -3.08. The minimum Gasteiger partial charge on any atom is -0.450 e. The van der Waals surface area contributed by atoms with Gasteiger partial charge in [-0.05, 0) is 13.8 Å². The number of nitrogens with one attached hydrogen (secondary N) is 1. The average molecular weight is 326 g/mol. The van der Waals surface area contributed by atoms with Crippen LogP contribution >= 0.6 is 0 Å². The smallest absolute Gasteiger partial charge is 0.410 e. The van der Waals surface area contributed by atoms with Crippen molar-refractivity contribution in [1.29, 1.82) is 5.26 Å².